The molecule has 0 amide bonds. The quantitative estimate of drug-likeness (QED) is 0.720. The van der Waals surface area contributed by atoms with Crippen LogP contribution in [0.15, 0.2) is 55.0 Å². The van der Waals surface area contributed by atoms with Crippen LogP contribution in [0.4, 0.5) is 0 Å². The normalized spacial score (nSPS) is 12.0. The zero-order valence-electron chi connectivity index (χ0n) is 12.4. The Labute approximate surface area is 133 Å². The third kappa shape index (κ3) is 3.87. The first-order valence-corrected chi connectivity index (χ1v) is 7.24. The lowest BCUT2D eigenvalue weighted by atomic mass is 10.1. The first-order chi connectivity index (χ1) is 11.2. The van der Waals surface area contributed by atoms with Gasteiger partial charge in [-0.05, 0) is 23.6 Å². The van der Waals surface area contributed by atoms with E-state index in [1.807, 2.05) is 36.4 Å². The van der Waals surface area contributed by atoms with Gasteiger partial charge in [0.1, 0.15) is 18.2 Å². The van der Waals surface area contributed by atoms with Gasteiger partial charge in [0.05, 0.1) is 0 Å². The van der Waals surface area contributed by atoms with E-state index in [-0.39, 0.29) is 6.61 Å². The van der Waals surface area contributed by atoms with E-state index in [4.69, 9.17) is 10.5 Å². The number of ether oxygens (including phenoxy) is 1. The molecule has 0 radical (unpaired) electrons. The highest BCUT2D eigenvalue weighted by atomic mass is 16.5. The maximum Gasteiger partial charge on any atom is 0.323 e. The molecule has 2 heterocycles. The van der Waals surface area contributed by atoms with Crippen LogP contribution in [0.3, 0.4) is 0 Å². The molecule has 3 rings (SSSR count). The lowest BCUT2D eigenvalue weighted by Crippen LogP contribution is -2.34. The van der Waals surface area contributed by atoms with Gasteiger partial charge in [0.2, 0.25) is 0 Å². The number of benzene rings is 1. The minimum Gasteiger partial charge on any atom is -0.460 e. The SMILES string of the molecule is N[C@@H](Cc1cnc2nccnc2c1)C(=O)OCc1ccccc1. The predicted molar refractivity (Wildman–Crippen MR) is 85.3 cm³/mol. The second-order valence-corrected chi connectivity index (χ2v) is 5.15. The van der Waals surface area contributed by atoms with E-state index < -0.39 is 12.0 Å². The number of pyridine rings is 1. The molecule has 0 saturated carbocycles. The van der Waals surface area contributed by atoms with Crippen LogP contribution >= 0.6 is 0 Å². The minimum atomic E-state index is -0.741. The molecule has 0 saturated heterocycles. The number of nitrogens with two attached hydrogens (primary N) is 1. The van der Waals surface area contributed by atoms with Crippen LogP contribution in [-0.2, 0) is 22.6 Å². The minimum absolute atomic E-state index is 0.217. The van der Waals surface area contributed by atoms with E-state index in [1.54, 1.807) is 18.6 Å². The van der Waals surface area contributed by atoms with Crippen LogP contribution in [0.5, 0.6) is 0 Å². The van der Waals surface area contributed by atoms with Crippen LogP contribution in [0.1, 0.15) is 11.1 Å². The van der Waals surface area contributed by atoms with Crippen molar-refractivity contribution in [3.8, 4) is 0 Å². The van der Waals surface area contributed by atoms with Crippen molar-refractivity contribution in [3.05, 3.63) is 66.1 Å². The average molecular weight is 308 g/mol. The van der Waals surface area contributed by atoms with E-state index in [0.29, 0.717) is 17.6 Å². The fraction of sp³-hybridized carbons (Fsp3) is 0.176. The molecule has 6 heteroatoms. The molecular formula is C17H16N4O2. The second kappa shape index (κ2) is 6.93. The van der Waals surface area contributed by atoms with Gasteiger partial charge in [-0.2, -0.15) is 0 Å². The highest BCUT2D eigenvalue weighted by Gasteiger charge is 2.16. The Hall–Kier alpha value is -2.86. The number of nitrogens with zero attached hydrogens (tertiary/aromatic N) is 3. The Bertz CT molecular complexity index is 808. The number of aromatic nitrogens is 3. The number of fused-ring (bicyclic) bond motifs is 1. The van der Waals surface area contributed by atoms with Gasteiger partial charge in [-0.1, -0.05) is 30.3 Å². The smallest absolute Gasteiger partial charge is 0.323 e. The van der Waals surface area contributed by atoms with Gasteiger partial charge < -0.3 is 10.5 Å². The first-order valence-electron chi connectivity index (χ1n) is 7.24. The van der Waals surface area contributed by atoms with Crippen molar-refractivity contribution >= 4 is 17.1 Å². The van der Waals surface area contributed by atoms with Crippen molar-refractivity contribution in [2.45, 2.75) is 19.1 Å². The number of carbonyl (C=O) groups is 1. The van der Waals surface area contributed by atoms with Crippen LogP contribution in [0, 0.1) is 0 Å². The van der Waals surface area contributed by atoms with E-state index in [2.05, 4.69) is 15.0 Å². The molecule has 0 spiro atoms. The van der Waals surface area contributed by atoms with Crippen molar-refractivity contribution in [1.29, 1.82) is 0 Å². The topological polar surface area (TPSA) is 91.0 Å². The largest absolute Gasteiger partial charge is 0.460 e. The third-order valence-electron chi connectivity index (χ3n) is 3.36. The van der Waals surface area contributed by atoms with Crippen molar-refractivity contribution < 1.29 is 9.53 Å². The number of esters is 1. The molecule has 2 N–H and O–H groups in total. The molecule has 6 nitrogen and oxygen atoms in total. The molecule has 0 unspecified atom stereocenters. The van der Waals surface area contributed by atoms with Crippen LogP contribution in [0.2, 0.25) is 0 Å². The number of carbonyl (C=O) groups excluding carboxylic acids is 1. The fourth-order valence-electron chi connectivity index (χ4n) is 2.18. The van der Waals surface area contributed by atoms with Crippen molar-refractivity contribution in [3.63, 3.8) is 0 Å². The Balaban J connectivity index is 1.60. The summed E-state index contributed by atoms with van der Waals surface area (Å²) < 4.78 is 5.24. The van der Waals surface area contributed by atoms with Gasteiger partial charge in [-0.15, -0.1) is 0 Å². The molecular weight excluding hydrogens is 292 g/mol. The molecule has 2 aromatic heterocycles. The number of hydrogen-bond acceptors (Lipinski definition) is 6. The van der Waals surface area contributed by atoms with E-state index >= 15 is 0 Å². The maximum absolute atomic E-state index is 12.0. The van der Waals surface area contributed by atoms with Crippen LogP contribution in [-0.4, -0.2) is 27.0 Å². The molecule has 0 aliphatic rings. The second-order valence-electron chi connectivity index (χ2n) is 5.15. The van der Waals surface area contributed by atoms with Gasteiger partial charge in [-0.3, -0.25) is 9.78 Å². The Morgan fingerprint density at radius 3 is 2.70 bits per heavy atom. The first kappa shape index (κ1) is 15.1. The molecule has 116 valence electrons. The van der Waals surface area contributed by atoms with Crippen LogP contribution in [0.25, 0.3) is 11.2 Å². The van der Waals surface area contributed by atoms with E-state index in [9.17, 15) is 4.79 Å². The lowest BCUT2D eigenvalue weighted by molar-refractivity contribution is -0.146. The van der Waals surface area contributed by atoms with Gasteiger partial charge in [0.25, 0.3) is 0 Å². The molecule has 0 aliphatic heterocycles. The van der Waals surface area contributed by atoms with Gasteiger partial charge in [-0.25, -0.2) is 9.97 Å². The molecule has 0 bridgehead atoms. The highest BCUT2D eigenvalue weighted by molar-refractivity contribution is 5.76. The zero-order chi connectivity index (χ0) is 16.1. The number of rotatable bonds is 5. The molecule has 3 aromatic rings. The molecule has 0 fully saturated rings. The number of hydrogen-bond donors (Lipinski definition) is 1. The average Bonchev–Trinajstić information content (AvgIpc) is 2.60. The van der Waals surface area contributed by atoms with Crippen molar-refractivity contribution in [2.75, 3.05) is 0 Å². The summed E-state index contributed by atoms with van der Waals surface area (Å²) in [7, 11) is 0. The summed E-state index contributed by atoms with van der Waals surface area (Å²) in [6.45, 7) is 0.217. The van der Waals surface area contributed by atoms with E-state index in [0.717, 1.165) is 11.1 Å². The molecule has 0 aliphatic carbocycles. The summed E-state index contributed by atoms with van der Waals surface area (Å²) in [6.07, 6.45) is 5.18. The Kier molecular flexibility index (Phi) is 4.54. The third-order valence-corrected chi connectivity index (χ3v) is 3.36. The van der Waals surface area contributed by atoms with Crippen LogP contribution < -0.4 is 5.73 Å². The summed E-state index contributed by atoms with van der Waals surface area (Å²) in [6, 6.07) is 10.6. The zero-order valence-corrected chi connectivity index (χ0v) is 12.4. The Morgan fingerprint density at radius 1 is 1.09 bits per heavy atom. The highest BCUT2D eigenvalue weighted by Crippen LogP contribution is 2.10. The summed E-state index contributed by atoms with van der Waals surface area (Å²) in [5, 5.41) is 0. The van der Waals surface area contributed by atoms with E-state index in [1.165, 1.54) is 0 Å². The van der Waals surface area contributed by atoms with Gasteiger partial charge >= 0.3 is 5.97 Å². The predicted octanol–water partition coefficient (Wildman–Crippen LogP) is 1.64. The molecule has 1 atom stereocenters. The van der Waals surface area contributed by atoms with Crippen molar-refractivity contribution in [1.82, 2.24) is 15.0 Å². The standard InChI is InChI=1S/C17H16N4O2/c18-14(17(22)23-11-12-4-2-1-3-5-12)8-13-9-15-16(21-10-13)20-7-6-19-15/h1-7,9-10,14H,8,11,18H2/t14-/m0/s1. The van der Waals surface area contributed by atoms with Gasteiger partial charge in [0.15, 0.2) is 5.65 Å². The monoisotopic (exact) mass is 308 g/mol. The molecule has 1 aromatic carbocycles. The fourth-order valence-corrected chi connectivity index (χ4v) is 2.18. The molecule has 23 heavy (non-hydrogen) atoms. The lowest BCUT2D eigenvalue weighted by Gasteiger charge is -2.11. The summed E-state index contributed by atoms with van der Waals surface area (Å²) >= 11 is 0. The van der Waals surface area contributed by atoms with Crippen molar-refractivity contribution in [2.24, 2.45) is 5.73 Å². The summed E-state index contributed by atoms with van der Waals surface area (Å²) in [4.78, 5) is 24.5. The Morgan fingerprint density at radius 2 is 1.87 bits per heavy atom. The summed E-state index contributed by atoms with van der Waals surface area (Å²) in [5.41, 5.74) is 8.91. The van der Waals surface area contributed by atoms with Gasteiger partial charge in [0, 0.05) is 18.6 Å². The summed E-state index contributed by atoms with van der Waals surface area (Å²) in [5.74, 6) is -0.437. The maximum atomic E-state index is 12.0.